The average Bonchev–Trinajstić information content (AvgIpc) is 3.38. The van der Waals surface area contributed by atoms with Crippen molar-refractivity contribution in [1.29, 1.82) is 0 Å². The molecule has 4 heterocycles. The van der Waals surface area contributed by atoms with Crippen LogP contribution in [0, 0.1) is 11.6 Å². The summed E-state index contributed by atoms with van der Waals surface area (Å²) in [6.45, 7) is 1.56. The van der Waals surface area contributed by atoms with Crippen molar-refractivity contribution in [1.82, 2.24) is 24.6 Å². The molecular formula is C24H23F2N5OS. The molecule has 0 fully saturated rings. The summed E-state index contributed by atoms with van der Waals surface area (Å²) in [5, 5.41) is 4.19. The molecule has 0 amide bonds. The van der Waals surface area contributed by atoms with Crippen LogP contribution in [0.25, 0.3) is 27.6 Å². The standard InChI is InChI=1S/C24H23F2N5OS/c1-30(2)10-3-4-16-6-8-20-23(29-16)17-13-22(33-21(17)9-11-32-20)24-27-14-28-31(24)19-7-5-15(25)12-18(19)26/h5-8,12-14H,3-4,9-11H2,1-2H3. The molecule has 0 bridgehead atoms. The lowest BCUT2D eigenvalue weighted by Gasteiger charge is -2.11. The monoisotopic (exact) mass is 467 g/mol. The molecule has 1 aromatic carbocycles. The Labute approximate surface area is 194 Å². The Kier molecular flexibility index (Phi) is 5.90. The van der Waals surface area contributed by atoms with E-state index in [0.717, 1.165) is 64.3 Å². The number of nitrogens with zero attached hydrogens (tertiary/aromatic N) is 5. The minimum Gasteiger partial charge on any atom is -0.491 e. The first kappa shape index (κ1) is 21.7. The number of ether oxygens (including phenoxy) is 1. The topological polar surface area (TPSA) is 56.1 Å². The molecule has 6 nitrogen and oxygen atoms in total. The number of hydrogen-bond acceptors (Lipinski definition) is 6. The van der Waals surface area contributed by atoms with Gasteiger partial charge in [0.2, 0.25) is 0 Å². The van der Waals surface area contributed by atoms with Crippen molar-refractivity contribution in [2.75, 3.05) is 27.2 Å². The van der Waals surface area contributed by atoms with Crippen LogP contribution in [0.15, 0.2) is 42.7 Å². The van der Waals surface area contributed by atoms with Crippen LogP contribution in [0.3, 0.4) is 0 Å². The molecule has 0 radical (unpaired) electrons. The van der Waals surface area contributed by atoms with Crippen molar-refractivity contribution in [3.63, 3.8) is 0 Å². The van der Waals surface area contributed by atoms with Crippen LogP contribution < -0.4 is 4.74 Å². The van der Waals surface area contributed by atoms with Gasteiger partial charge in [0.1, 0.15) is 29.3 Å². The zero-order valence-corrected chi connectivity index (χ0v) is 19.2. The zero-order valence-electron chi connectivity index (χ0n) is 18.4. The van der Waals surface area contributed by atoms with Crippen LogP contribution in [-0.4, -0.2) is 51.9 Å². The molecule has 0 spiro atoms. The van der Waals surface area contributed by atoms with Crippen LogP contribution in [0.4, 0.5) is 8.78 Å². The number of pyridine rings is 1. The van der Waals surface area contributed by atoms with Crippen molar-refractivity contribution in [3.05, 3.63) is 64.9 Å². The summed E-state index contributed by atoms with van der Waals surface area (Å²) >= 11 is 1.57. The molecule has 9 heteroatoms. The Balaban J connectivity index is 1.52. The number of benzene rings is 1. The highest BCUT2D eigenvalue weighted by Crippen LogP contribution is 2.42. The van der Waals surface area contributed by atoms with Gasteiger partial charge in [0.05, 0.1) is 11.5 Å². The normalized spacial score (nSPS) is 12.9. The average molecular weight is 468 g/mol. The summed E-state index contributed by atoms with van der Waals surface area (Å²) in [6, 6.07) is 9.47. The molecule has 0 aliphatic carbocycles. The van der Waals surface area contributed by atoms with Gasteiger partial charge in [0.15, 0.2) is 11.6 Å². The van der Waals surface area contributed by atoms with E-state index in [-0.39, 0.29) is 5.69 Å². The molecule has 0 atom stereocenters. The fourth-order valence-electron chi connectivity index (χ4n) is 3.93. The molecule has 0 unspecified atom stereocenters. The molecule has 0 saturated heterocycles. The molecule has 3 aromatic heterocycles. The lowest BCUT2D eigenvalue weighted by atomic mass is 10.1. The molecule has 170 valence electrons. The molecule has 5 rings (SSSR count). The fraction of sp³-hybridized carbons (Fsp3) is 0.292. The van der Waals surface area contributed by atoms with Crippen LogP contribution in [0.5, 0.6) is 5.75 Å². The van der Waals surface area contributed by atoms with E-state index in [9.17, 15) is 8.78 Å². The number of hydrogen-bond donors (Lipinski definition) is 0. The second-order valence-electron chi connectivity index (χ2n) is 8.19. The molecule has 4 aromatic rings. The highest BCUT2D eigenvalue weighted by Gasteiger charge is 2.23. The van der Waals surface area contributed by atoms with Gasteiger partial charge in [0.25, 0.3) is 0 Å². The minimum absolute atomic E-state index is 0.150. The Morgan fingerprint density at radius 1 is 1.15 bits per heavy atom. The van der Waals surface area contributed by atoms with Crippen molar-refractivity contribution < 1.29 is 13.5 Å². The highest BCUT2D eigenvalue weighted by molar-refractivity contribution is 7.16. The molecule has 1 aliphatic heterocycles. The van der Waals surface area contributed by atoms with Gasteiger partial charge >= 0.3 is 0 Å². The molecular weight excluding hydrogens is 444 g/mol. The number of halogens is 2. The first-order valence-corrected chi connectivity index (χ1v) is 11.6. The number of rotatable bonds is 6. The first-order chi connectivity index (χ1) is 16.0. The highest BCUT2D eigenvalue weighted by atomic mass is 32.1. The van der Waals surface area contributed by atoms with E-state index in [1.807, 2.05) is 18.2 Å². The Morgan fingerprint density at radius 3 is 2.85 bits per heavy atom. The maximum atomic E-state index is 14.4. The summed E-state index contributed by atoms with van der Waals surface area (Å²) in [5.41, 5.74) is 3.01. The molecule has 0 saturated carbocycles. The van der Waals surface area contributed by atoms with Gasteiger partial charge in [-0.3, -0.25) is 0 Å². The minimum atomic E-state index is -0.692. The summed E-state index contributed by atoms with van der Waals surface area (Å²) in [7, 11) is 4.13. The molecule has 0 N–H and O–H groups in total. The number of thiophene rings is 1. The van der Waals surface area contributed by atoms with Crippen molar-refractivity contribution in [2.45, 2.75) is 19.3 Å². The van der Waals surface area contributed by atoms with Gasteiger partial charge in [-0.2, -0.15) is 5.10 Å². The van der Waals surface area contributed by atoms with E-state index >= 15 is 0 Å². The van der Waals surface area contributed by atoms with Gasteiger partial charge in [-0.1, -0.05) is 0 Å². The summed E-state index contributed by atoms with van der Waals surface area (Å²) in [4.78, 5) is 13.4. The second-order valence-corrected chi connectivity index (χ2v) is 9.33. The van der Waals surface area contributed by atoms with E-state index in [1.54, 1.807) is 11.3 Å². The van der Waals surface area contributed by atoms with Crippen molar-refractivity contribution in [2.24, 2.45) is 0 Å². The number of aryl methyl sites for hydroxylation is 1. The van der Waals surface area contributed by atoms with Crippen LogP contribution in [0.1, 0.15) is 17.0 Å². The predicted octanol–water partition coefficient (Wildman–Crippen LogP) is 4.77. The second kappa shape index (κ2) is 8.99. The van der Waals surface area contributed by atoms with E-state index < -0.39 is 11.6 Å². The van der Waals surface area contributed by atoms with E-state index in [1.165, 1.54) is 23.1 Å². The third kappa shape index (κ3) is 4.38. The zero-order chi connectivity index (χ0) is 22.9. The first-order valence-electron chi connectivity index (χ1n) is 10.8. The Morgan fingerprint density at radius 2 is 2.03 bits per heavy atom. The lowest BCUT2D eigenvalue weighted by Crippen LogP contribution is -2.13. The quantitative estimate of drug-likeness (QED) is 0.409. The molecule has 33 heavy (non-hydrogen) atoms. The van der Waals surface area contributed by atoms with E-state index in [0.29, 0.717) is 12.4 Å². The van der Waals surface area contributed by atoms with Crippen LogP contribution in [-0.2, 0) is 12.8 Å². The van der Waals surface area contributed by atoms with E-state index in [2.05, 4.69) is 29.1 Å². The van der Waals surface area contributed by atoms with Gasteiger partial charge in [-0.15, -0.1) is 11.3 Å². The Hall–Kier alpha value is -3.17. The van der Waals surface area contributed by atoms with Gasteiger partial charge < -0.3 is 9.64 Å². The van der Waals surface area contributed by atoms with Crippen LogP contribution >= 0.6 is 11.3 Å². The fourth-order valence-corrected chi connectivity index (χ4v) is 5.05. The third-order valence-corrected chi connectivity index (χ3v) is 6.70. The predicted molar refractivity (Wildman–Crippen MR) is 124 cm³/mol. The Bertz CT molecular complexity index is 1300. The largest absolute Gasteiger partial charge is 0.491 e. The van der Waals surface area contributed by atoms with Crippen molar-refractivity contribution in [3.8, 4) is 33.4 Å². The summed E-state index contributed by atoms with van der Waals surface area (Å²) in [5.74, 6) is -0.0591. The van der Waals surface area contributed by atoms with Gasteiger partial charge in [-0.25, -0.2) is 23.4 Å². The van der Waals surface area contributed by atoms with Crippen molar-refractivity contribution >= 4 is 11.3 Å². The molecule has 1 aliphatic rings. The maximum Gasteiger partial charge on any atom is 0.173 e. The maximum absolute atomic E-state index is 14.4. The number of fused-ring (bicyclic) bond motifs is 3. The third-order valence-electron chi connectivity index (χ3n) is 5.51. The summed E-state index contributed by atoms with van der Waals surface area (Å²) in [6.07, 6.45) is 4.02. The lowest BCUT2D eigenvalue weighted by molar-refractivity contribution is 0.326. The van der Waals surface area contributed by atoms with Crippen LogP contribution in [0.2, 0.25) is 0 Å². The summed E-state index contributed by atoms with van der Waals surface area (Å²) < 4.78 is 35.2. The van der Waals surface area contributed by atoms with Gasteiger partial charge in [0, 0.05) is 28.6 Å². The number of aromatic nitrogens is 4. The SMILES string of the molecule is CN(C)CCCc1ccc2c(n1)-c1cc(-c3ncnn3-c3ccc(F)cc3F)sc1CCO2. The van der Waals surface area contributed by atoms with E-state index in [4.69, 9.17) is 9.72 Å². The smallest absolute Gasteiger partial charge is 0.173 e. The van der Waals surface area contributed by atoms with Gasteiger partial charge in [-0.05, 0) is 63.8 Å².